The largest absolute Gasteiger partial charge is 0.364 e. The van der Waals surface area contributed by atoms with Gasteiger partial charge >= 0.3 is 0 Å². The zero-order valence-corrected chi connectivity index (χ0v) is 14.3. The standard InChI is InChI=1S/C18H18ClN5/c1-12-7-8-15(9-13(12)2)22-18-23-17(11-21-24-18)20-10-14-5-3-4-6-16(14)19/h3-9,11H,10H2,1-2H3,(H2,20,22,23,24). The third-order valence-corrected chi connectivity index (χ3v) is 4.11. The highest BCUT2D eigenvalue weighted by molar-refractivity contribution is 6.31. The van der Waals surface area contributed by atoms with Gasteiger partial charge in [-0.3, -0.25) is 0 Å². The third-order valence-electron chi connectivity index (χ3n) is 3.74. The number of nitrogens with one attached hydrogen (secondary N) is 2. The highest BCUT2D eigenvalue weighted by Crippen LogP contribution is 2.19. The average Bonchev–Trinajstić information content (AvgIpc) is 2.58. The molecule has 122 valence electrons. The summed E-state index contributed by atoms with van der Waals surface area (Å²) >= 11 is 6.16. The average molecular weight is 340 g/mol. The molecule has 0 fully saturated rings. The molecule has 0 aliphatic heterocycles. The first-order chi connectivity index (χ1) is 11.6. The van der Waals surface area contributed by atoms with Gasteiger partial charge < -0.3 is 10.6 Å². The minimum absolute atomic E-state index is 0.447. The number of aromatic nitrogens is 3. The van der Waals surface area contributed by atoms with Crippen molar-refractivity contribution in [2.24, 2.45) is 0 Å². The summed E-state index contributed by atoms with van der Waals surface area (Å²) in [5, 5.41) is 15.1. The second-order valence-corrected chi connectivity index (χ2v) is 5.94. The van der Waals surface area contributed by atoms with Crippen LogP contribution in [-0.2, 0) is 6.54 Å². The van der Waals surface area contributed by atoms with E-state index in [-0.39, 0.29) is 0 Å². The summed E-state index contributed by atoms with van der Waals surface area (Å²) in [5.74, 6) is 1.08. The van der Waals surface area contributed by atoms with Crippen LogP contribution in [0.25, 0.3) is 0 Å². The molecule has 0 radical (unpaired) electrons. The Balaban J connectivity index is 1.69. The molecule has 6 heteroatoms. The Morgan fingerprint density at radius 2 is 1.88 bits per heavy atom. The summed E-state index contributed by atoms with van der Waals surface area (Å²) in [4.78, 5) is 4.43. The van der Waals surface area contributed by atoms with Crippen LogP contribution in [0.1, 0.15) is 16.7 Å². The van der Waals surface area contributed by atoms with E-state index in [0.29, 0.717) is 18.3 Å². The van der Waals surface area contributed by atoms with E-state index >= 15 is 0 Å². The number of anilines is 3. The second-order valence-electron chi connectivity index (χ2n) is 5.53. The SMILES string of the molecule is Cc1ccc(Nc2nncc(NCc3ccccc3Cl)n2)cc1C. The predicted molar refractivity (Wildman–Crippen MR) is 97.8 cm³/mol. The molecule has 24 heavy (non-hydrogen) atoms. The molecule has 0 aliphatic rings. The van der Waals surface area contributed by atoms with E-state index < -0.39 is 0 Å². The first-order valence-electron chi connectivity index (χ1n) is 7.63. The van der Waals surface area contributed by atoms with Gasteiger partial charge in [0.05, 0.1) is 6.20 Å². The minimum atomic E-state index is 0.447. The van der Waals surface area contributed by atoms with E-state index in [9.17, 15) is 0 Å². The van der Waals surface area contributed by atoms with Gasteiger partial charge in [0.25, 0.3) is 0 Å². The van der Waals surface area contributed by atoms with Gasteiger partial charge in [0, 0.05) is 17.3 Å². The number of benzene rings is 2. The van der Waals surface area contributed by atoms with Crippen LogP contribution in [0.15, 0.2) is 48.7 Å². The molecule has 0 aliphatic carbocycles. The van der Waals surface area contributed by atoms with E-state index in [0.717, 1.165) is 16.3 Å². The summed E-state index contributed by atoms with van der Waals surface area (Å²) in [6.07, 6.45) is 1.59. The van der Waals surface area contributed by atoms with Crippen molar-refractivity contribution in [3.05, 3.63) is 70.4 Å². The highest BCUT2D eigenvalue weighted by atomic mass is 35.5. The molecule has 3 aromatic rings. The molecule has 1 aromatic heterocycles. The highest BCUT2D eigenvalue weighted by Gasteiger charge is 2.04. The van der Waals surface area contributed by atoms with Crippen molar-refractivity contribution in [2.75, 3.05) is 10.6 Å². The lowest BCUT2D eigenvalue weighted by Crippen LogP contribution is -2.06. The van der Waals surface area contributed by atoms with Crippen LogP contribution in [0.5, 0.6) is 0 Å². The van der Waals surface area contributed by atoms with E-state index in [4.69, 9.17) is 11.6 Å². The van der Waals surface area contributed by atoms with E-state index in [2.05, 4.69) is 51.8 Å². The van der Waals surface area contributed by atoms with Crippen molar-refractivity contribution >= 4 is 29.1 Å². The Morgan fingerprint density at radius 3 is 2.67 bits per heavy atom. The molecule has 2 aromatic carbocycles. The Kier molecular flexibility index (Phi) is 4.91. The van der Waals surface area contributed by atoms with Gasteiger partial charge in [-0.15, -0.1) is 5.10 Å². The molecule has 0 saturated carbocycles. The molecule has 5 nitrogen and oxygen atoms in total. The molecule has 2 N–H and O–H groups in total. The fourth-order valence-electron chi connectivity index (χ4n) is 2.22. The molecular formula is C18H18ClN5. The summed E-state index contributed by atoms with van der Waals surface area (Å²) in [7, 11) is 0. The van der Waals surface area contributed by atoms with Gasteiger partial charge in [0.2, 0.25) is 5.95 Å². The van der Waals surface area contributed by atoms with Gasteiger partial charge in [0.1, 0.15) is 0 Å². The van der Waals surface area contributed by atoms with Crippen LogP contribution >= 0.6 is 11.6 Å². The van der Waals surface area contributed by atoms with Gasteiger partial charge in [-0.05, 0) is 48.7 Å². The summed E-state index contributed by atoms with van der Waals surface area (Å²) < 4.78 is 0. The van der Waals surface area contributed by atoms with Crippen molar-refractivity contribution in [1.82, 2.24) is 15.2 Å². The maximum absolute atomic E-state index is 6.16. The zero-order valence-electron chi connectivity index (χ0n) is 13.5. The molecule has 0 bridgehead atoms. The van der Waals surface area contributed by atoms with Crippen LogP contribution < -0.4 is 10.6 Å². The lowest BCUT2D eigenvalue weighted by Gasteiger charge is -2.09. The number of hydrogen-bond donors (Lipinski definition) is 2. The van der Waals surface area contributed by atoms with Crippen LogP contribution in [0.2, 0.25) is 5.02 Å². The number of halogens is 1. The van der Waals surface area contributed by atoms with Gasteiger partial charge in [-0.2, -0.15) is 10.1 Å². The fraction of sp³-hybridized carbons (Fsp3) is 0.167. The van der Waals surface area contributed by atoms with Crippen molar-refractivity contribution in [1.29, 1.82) is 0 Å². The molecule has 0 spiro atoms. The normalized spacial score (nSPS) is 10.5. The first kappa shape index (κ1) is 16.2. The van der Waals surface area contributed by atoms with Crippen molar-refractivity contribution in [2.45, 2.75) is 20.4 Å². The number of rotatable bonds is 5. The molecule has 0 atom stereocenters. The maximum Gasteiger partial charge on any atom is 0.249 e. The van der Waals surface area contributed by atoms with Crippen molar-refractivity contribution < 1.29 is 0 Å². The lowest BCUT2D eigenvalue weighted by atomic mass is 10.1. The zero-order chi connectivity index (χ0) is 16.9. The minimum Gasteiger partial charge on any atom is -0.364 e. The molecule has 0 saturated heterocycles. The Labute approximate surface area is 146 Å². The van der Waals surface area contributed by atoms with Crippen LogP contribution in [-0.4, -0.2) is 15.2 Å². The van der Waals surface area contributed by atoms with Crippen LogP contribution in [0, 0.1) is 13.8 Å². The van der Waals surface area contributed by atoms with Crippen LogP contribution in [0.4, 0.5) is 17.5 Å². The van der Waals surface area contributed by atoms with E-state index in [1.807, 2.05) is 30.3 Å². The molecular weight excluding hydrogens is 322 g/mol. The van der Waals surface area contributed by atoms with Crippen LogP contribution in [0.3, 0.4) is 0 Å². The topological polar surface area (TPSA) is 62.7 Å². The van der Waals surface area contributed by atoms with Gasteiger partial charge in [-0.1, -0.05) is 35.9 Å². The quantitative estimate of drug-likeness (QED) is 0.716. The summed E-state index contributed by atoms with van der Waals surface area (Å²) in [6.45, 7) is 4.72. The van der Waals surface area contributed by atoms with Gasteiger partial charge in [-0.25, -0.2) is 0 Å². The molecule has 0 unspecified atom stereocenters. The maximum atomic E-state index is 6.16. The number of aryl methyl sites for hydroxylation is 2. The summed E-state index contributed by atoms with van der Waals surface area (Å²) in [5.41, 5.74) is 4.39. The molecule has 1 heterocycles. The number of hydrogen-bond acceptors (Lipinski definition) is 5. The second kappa shape index (κ2) is 7.27. The van der Waals surface area contributed by atoms with Crippen molar-refractivity contribution in [3.8, 4) is 0 Å². The Bertz CT molecular complexity index is 850. The smallest absolute Gasteiger partial charge is 0.249 e. The van der Waals surface area contributed by atoms with Gasteiger partial charge in [0.15, 0.2) is 5.82 Å². The van der Waals surface area contributed by atoms with E-state index in [1.54, 1.807) is 6.20 Å². The Morgan fingerprint density at radius 1 is 1.04 bits per heavy atom. The first-order valence-corrected chi connectivity index (χ1v) is 8.01. The lowest BCUT2D eigenvalue weighted by molar-refractivity contribution is 0.966. The molecule has 0 amide bonds. The number of nitrogens with zero attached hydrogens (tertiary/aromatic N) is 3. The Hall–Kier alpha value is -2.66. The molecule has 3 rings (SSSR count). The predicted octanol–water partition coefficient (Wildman–Crippen LogP) is 4.50. The van der Waals surface area contributed by atoms with Crippen molar-refractivity contribution in [3.63, 3.8) is 0 Å². The summed E-state index contributed by atoms with van der Waals surface area (Å²) in [6, 6.07) is 13.8. The monoisotopic (exact) mass is 339 g/mol. The van der Waals surface area contributed by atoms with E-state index in [1.165, 1.54) is 11.1 Å². The fourth-order valence-corrected chi connectivity index (χ4v) is 2.42. The third kappa shape index (κ3) is 4.00.